The molecule has 0 aliphatic carbocycles. The molecule has 1 aromatic carbocycles. The lowest BCUT2D eigenvalue weighted by molar-refractivity contribution is 0.0724. The number of benzene rings is 1. The molecule has 1 rings (SSSR count). The highest BCUT2D eigenvalue weighted by Gasteiger charge is 2.21. The zero-order valence-corrected chi connectivity index (χ0v) is 12.8. The normalized spacial score (nSPS) is 14.0. The van der Waals surface area contributed by atoms with Crippen LogP contribution in [0.1, 0.15) is 17.3 Å². The molecule has 0 aliphatic rings. The van der Waals surface area contributed by atoms with Gasteiger partial charge in [-0.15, -0.1) is 0 Å². The van der Waals surface area contributed by atoms with Crippen LogP contribution < -0.4 is 11.1 Å². The van der Waals surface area contributed by atoms with E-state index < -0.39 is 5.60 Å². The molecule has 6 heteroatoms. The Morgan fingerprint density at radius 1 is 1.61 bits per heavy atom. The van der Waals surface area contributed by atoms with Gasteiger partial charge in [0.15, 0.2) is 0 Å². The average Bonchev–Trinajstić information content (AvgIpc) is 2.30. The molecule has 0 spiro atoms. The van der Waals surface area contributed by atoms with Crippen LogP contribution in [0.4, 0.5) is 5.69 Å². The van der Waals surface area contributed by atoms with E-state index in [1.54, 1.807) is 25.1 Å². The van der Waals surface area contributed by atoms with Gasteiger partial charge in [-0.2, -0.15) is 11.8 Å². The van der Waals surface area contributed by atoms with Crippen molar-refractivity contribution in [3.05, 3.63) is 28.2 Å². The van der Waals surface area contributed by atoms with Crippen LogP contribution in [0, 0.1) is 0 Å². The predicted molar refractivity (Wildman–Crippen MR) is 79.9 cm³/mol. The Hall–Kier alpha value is -0.720. The number of aliphatic hydroxyl groups is 1. The number of halogens is 1. The number of anilines is 1. The Kier molecular flexibility index (Phi) is 5.49. The molecular weight excluding hydrogens is 316 g/mol. The summed E-state index contributed by atoms with van der Waals surface area (Å²) in [6.45, 7) is 1.89. The number of nitrogen functional groups attached to an aromatic ring is 1. The molecule has 0 aromatic heterocycles. The largest absolute Gasteiger partial charge is 0.398 e. The van der Waals surface area contributed by atoms with Gasteiger partial charge in [0.2, 0.25) is 0 Å². The standard InChI is InChI=1S/C12H17BrN2O2S/c1-12(17,7-18-2)6-15-11(16)8-4-3-5-9(14)10(8)13/h3-5,17H,6-7,14H2,1-2H3,(H,15,16). The summed E-state index contributed by atoms with van der Waals surface area (Å²) in [5.74, 6) is 0.307. The maximum atomic E-state index is 12.0. The lowest BCUT2D eigenvalue weighted by Crippen LogP contribution is -2.42. The van der Waals surface area contributed by atoms with Crippen molar-refractivity contribution in [3.63, 3.8) is 0 Å². The van der Waals surface area contributed by atoms with Crippen molar-refractivity contribution in [1.82, 2.24) is 5.32 Å². The molecule has 0 radical (unpaired) electrons. The van der Waals surface area contributed by atoms with Gasteiger partial charge < -0.3 is 16.2 Å². The minimum Gasteiger partial charge on any atom is -0.398 e. The number of nitrogens with one attached hydrogen (secondary N) is 1. The molecule has 0 saturated heterocycles. The van der Waals surface area contributed by atoms with Crippen LogP contribution >= 0.6 is 27.7 Å². The third-order valence-electron chi connectivity index (χ3n) is 2.36. The minimum absolute atomic E-state index is 0.202. The number of rotatable bonds is 5. The molecule has 1 unspecified atom stereocenters. The van der Waals surface area contributed by atoms with E-state index in [4.69, 9.17) is 5.73 Å². The third-order valence-corrected chi connectivity index (χ3v) is 4.15. The Labute approximate surface area is 119 Å². The average molecular weight is 333 g/mol. The van der Waals surface area contributed by atoms with Gasteiger partial charge in [0.05, 0.1) is 15.6 Å². The smallest absolute Gasteiger partial charge is 0.252 e. The van der Waals surface area contributed by atoms with E-state index in [0.29, 0.717) is 21.5 Å². The summed E-state index contributed by atoms with van der Waals surface area (Å²) in [6, 6.07) is 5.11. The van der Waals surface area contributed by atoms with Crippen LogP contribution in [0.5, 0.6) is 0 Å². The molecule has 4 nitrogen and oxygen atoms in total. The molecule has 4 N–H and O–H groups in total. The van der Waals surface area contributed by atoms with Crippen molar-refractivity contribution in [2.24, 2.45) is 0 Å². The second-order valence-corrected chi connectivity index (χ2v) is 5.98. The van der Waals surface area contributed by atoms with Crippen molar-refractivity contribution in [2.45, 2.75) is 12.5 Å². The first-order valence-electron chi connectivity index (χ1n) is 5.41. The number of carbonyl (C=O) groups excluding carboxylic acids is 1. The van der Waals surface area contributed by atoms with E-state index in [0.717, 1.165) is 0 Å². The van der Waals surface area contributed by atoms with E-state index in [9.17, 15) is 9.90 Å². The molecule has 0 fully saturated rings. The van der Waals surface area contributed by atoms with Gasteiger partial charge in [-0.05, 0) is 41.2 Å². The van der Waals surface area contributed by atoms with Crippen molar-refractivity contribution < 1.29 is 9.90 Å². The number of nitrogens with two attached hydrogens (primary N) is 1. The predicted octanol–water partition coefficient (Wildman–Crippen LogP) is 1.88. The van der Waals surface area contributed by atoms with Crippen LogP contribution in [-0.2, 0) is 0 Å². The van der Waals surface area contributed by atoms with E-state index in [1.807, 2.05) is 6.26 Å². The van der Waals surface area contributed by atoms with E-state index >= 15 is 0 Å². The van der Waals surface area contributed by atoms with Crippen molar-refractivity contribution in [3.8, 4) is 0 Å². The Balaban J connectivity index is 2.69. The third kappa shape index (κ3) is 4.19. The second kappa shape index (κ2) is 6.45. The monoisotopic (exact) mass is 332 g/mol. The lowest BCUT2D eigenvalue weighted by atomic mass is 10.1. The van der Waals surface area contributed by atoms with Crippen molar-refractivity contribution >= 4 is 39.3 Å². The summed E-state index contributed by atoms with van der Waals surface area (Å²) in [5, 5.41) is 12.7. The van der Waals surface area contributed by atoms with Crippen LogP contribution in [0.3, 0.4) is 0 Å². The Bertz CT molecular complexity index is 438. The number of hydrogen-bond acceptors (Lipinski definition) is 4. The van der Waals surface area contributed by atoms with Gasteiger partial charge in [-0.25, -0.2) is 0 Å². The molecule has 18 heavy (non-hydrogen) atoms. The first-order valence-corrected chi connectivity index (χ1v) is 7.59. The fourth-order valence-corrected chi connectivity index (χ4v) is 2.62. The topological polar surface area (TPSA) is 75.3 Å². The maximum absolute atomic E-state index is 12.0. The van der Waals surface area contributed by atoms with Crippen molar-refractivity contribution in [1.29, 1.82) is 0 Å². The minimum atomic E-state index is -0.915. The highest BCUT2D eigenvalue weighted by atomic mass is 79.9. The van der Waals surface area contributed by atoms with Crippen LogP contribution in [0.15, 0.2) is 22.7 Å². The number of thioether (sulfide) groups is 1. The fourth-order valence-electron chi connectivity index (χ4n) is 1.45. The highest BCUT2D eigenvalue weighted by molar-refractivity contribution is 9.10. The molecule has 0 bridgehead atoms. The second-order valence-electron chi connectivity index (χ2n) is 4.32. The molecule has 0 saturated carbocycles. The van der Waals surface area contributed by atoms with Crippen LogP contribution in [0.25, 0.3) is 0 Å². The fraction of sp³-hybridized carbons (Fsp3) is 0.417. The maximum Gasteiger partial charge on any atom is 0.252 e. The van der Waals surface area contributed by atoms with E-state index in [2.05, 4.69) is 21.2 Å². The Morgan fingerprint density at radius 3 is 2.89 bits per heavy atom. The first-order chi connectivity index (χ1) is 8.37. The quantitative estimate of drug-likeness (QED) is 0.719. The van der Waals surface area contributed by atoms with E-state index in [-0.39, 0.29) is 12.5 Å². The van der Waals surface area contributed by atoms with Gasteiger partial charge in [-0.3, -0.25) is 4.79 Å². The Morgan fingerprint density at radius 2 is 2.28 bits per heavy atom. The molecule has 1 atom stereocenters. The van der Waals surface area contributed by atoms with Gasteiger partial charge in [0.25, 0.3) is 5.91 Å². The summed E-state index contributed by atoms with van der Waals surface area (Å²) in [5.41, 5.74) is 5.77. The molecule has 100 valence electrons. The zero-order chi connectivity index (χ0) is 13.8. The van der Waals surface area contributed by atoms with Crippen molar-refractivity contribution in [2.75, 3.05) is 24.3 Å². The molecular formula is C12H17BrN2O2S. The van der Waals surface area contributed by atoms with Gasteiger partial charge in [0.1, 0.15) is 0 Å². The molecule has 1 amide bonds. The van der Waals surface area contributed by atoms with Crippen LogP contribution in [0.2, 0.25) is 0 Å². The molecule has 0 heterocycles. The summed E-state index contributed by atoms with van der Waals surface area (Å²) >= 11 is 4.81. The first kappa shape index (κ1) is 15.3. The van der Waals surface area contributed by atoms with Crippen LogP contribution in [-0.4, -0.2) is 35.2 Å². The van der Waals surface area contributed by atoms with E-state index in [1.165, 1.54) is 11.8 Å². The lowest BCUT2D eigenvalue weighted by Gasteiger charge is -2.22. The summed E-state index contributed by atoms with van der Waals surface area (Å²) in [6.07, 6.45) is 1.91. The SMILES string of the molecule is CSCC(C)(O)CNC(=O)c1cccc(N)c1Br. The number of amides is 1. The van der Waals surface area contributed by atoms with Gasteiger partial charge >= 0.3 is 0 Å². The summed E-state index contributed by atoms with van der Waals surface area (Å²) < 4.78 is 0.576. The van der Waals surface area contributed by atoms with Gasteiger partial charge in [-0.1, -0.05) is 6.07 Å². The molecule has 0 aliphatic heterocycles. The number of hydrogen-bond donors (Lipinski definition) is 3. The highest BCUT2D eigenvalue weighted by Crippen LogP contribution is 2.23. The summed E-state index contributed by atoms with van der Waals surface area (Å²) in [4.78, 5) is 12.0. The number of carbonyl (C=O) groups is 1. The zero-order valence-electron chi connectivity index (χ0n) is 10.4. The van der Waals surface area contributed by atoms with Gasteiger partial charge in [0, 0.05) is 18.0 Å². The summed E-state index contributed by atoms with van der Waals surface area (Å²) in [7, 11) is 0. The molecule has 1 aromatic rings.